The molecule has 0 aliphatic carbocycles. The van der Waals surface area contributed by atoms with Crippen LogP contribution in [-0.2, 0) is 0 Å². The molecule has 132 valence electrons. The molecular formula is C20H47P. The van der Waals surface area contributed by atoms with Gasteiger partial charge in [0.25, 0.3) is 0 Å². The SMILES string of the molecule is CCCC.CCCC[PH](CCCC)(CCCC)CCCC. The summed E-state index contributed by atoms with van der Waals surface area (Å²) < 4.78 is 0. The van der Waals surface area contributed by atoms with E-state index < -0.39 is 7.26 Å². The fourth-order valence-corrected chi connectivity index (χ4v) is 8.87. The molecule has 0 nitrogen and oxygen atoms in total. The standard InChI is InChI=1S/C16H37P.C4H10/c1-5-9-13-17(14-10-6-2,15-11-7-3)16-12-8-4;1-3-4-2/h17H,5-16H2,1-4H3;3-4H2,1-2H3. The third-order valence-electron chi connectivity index (χ3n) is 4.74. The van der Waals surface area contributed by atoms with Crippen LogP contribution in [0.25, 0.3) is 0 Å². The molecule has 0 N–H and O–H groups in total. The van der Waals surface area contributed by atoms with Gasteiger partial charge < -0.3 is 0 Å². The van der Waals surface area contributed by atoms with Gasteiger partial charge in [-0.15, -0.1) is 0 Å². The summed E-state index contributed by atoms with van der Waals surface area (Å²) in [4.78, 5) is 0. The fraction of sp³-hybridized carbons (Fsp3) is 1.00. The van der Waals surface area contributed by atoms with Crippen LogP contribution in [0.15, 0.2) is 0 Å². The Hall–Kier alpha value is 0.430. The first kappa shape index (κ1) is 23.7. The second-order valence-corrected chi connectivity index (χ2v) is 11.9. The Labute approximate surface area is 138 Å². The summed E-state index contributed by atoms with van der Waals surface area (Å²) in [6, 6.07) is 0. The summed E-state index contributed by atoms with van der Waals surface area (Å²) in [5.74, 6) is 0. The normalized spacial score (nSPS) is 11.9. The number of rotatable bonds is 13. The quantitative estimate of drug-likeness (QED) is 0.305. The first-order valence-corrected chi connectivity index (χ1v) is 13.0. The zero-order chi connectivity index (χ0) is 16.4. The molecule has 0 aromatic carbocycles. The molecule has 0 amide bonds. The van der Waals surface area contributed by atoms with Gasteiger partial charge in [0.1, 0.15) is 0 Å². The van der Waals surface area contributed by atoms with Crippen molar-refractivity contribution in [1.29, 1.82) is 0 Å². The summed E-state index contributed by atoms with van der Waals surface area (Å²) in [6.45, 7) is 13.8. The van der Waals surface area contributed by atoms with E-state index in [4.69, 9.17) is 0 Å². The van der Waals surface area contributed by atoms with Crippen LogP contribution >= 0.6 is 7.26 Å². The van der Waals surface area contributed by atoms with E-state index in [1.54, 1.807) is 24.6 Å². The molecule has 0 heterocycles. The van der Waals surface area contributed by atoms with Crippen molar-refractivity contribution in [3.63, 3.8) is 0 Å². The van der Waals surface area contributed by atoms with Crippen LogP contribution in [0, 0.1) is 0 Å². The van der Waals surface area contributed by atoms with Gasteiger partial charge in [-0.05, 0) is 0 Å². The molecule has 0 aromatic heterocycles. The van der Waals surface area contributed by atoms with Crippen LogP contribution < -0.4 is 0 Å². The molecule has 0 spiro atoms. The van der Waals surface area contributed by atoms with Crippen LogP contribution in [-0.4, -0.2) is 24.6 Å². The molecular weight excluding hydrogens is 271 g/mol. The molecule has 0 unspecified atom stereocenters. The molecule has 0 bridgehead atoms. The second kappa shape index (κ2) is 18.5. The third-order valence-corrected chi connectivity index (χ3v) is 10.4. The van der Waals surface area contributed by atoms with E-state index in [0.717, 1.165) is 0 Å². The minimum atomic E-state index is -0.879. The van der Waals surface area contributed by atoms with E-state index >= 15 is 0 Å². The summed E-state index contributed by atoms with van der Waals surface area (Å²) in [6.07, 6.45) is 20.8. The first-order valence-electron chi connectivity index (χ1n) is 10.2. The number of unbranched alkanes of at least 4 members (excludes halogenated alkanes) is 5. The Morgan fingerprint density at radius 1 is 0.381 bits per heavy atom. The molecule has 0 aromatic rings. The van der Waals surface area contributed by atoms with Gasteiger partial charge in [0.05, 0.1) is 0 Å². The van der Waals surface area contributed by atoms with E-state index in [1.807, 2.05) is 0 Å². The average Bonchev–Trinajstić information content (AvgIpc) is 2.53. The molecule has 1 heteroatoms. The minimum absolute atomic E-state index is 0.879. The van der Waals surface area contributed by atoms with Gasteiger partial charge in [0, 0.05) is 0 Å². The van der Waals surface area contributed by atoms with Gasteiger partial charge in [-0.25, -0.2) is 0 Å². The van der Waals surface area contributed by atoms with Gasteiger partial charge >= 0.3 is 111 Å². The average molecular weight is 319 g/mol. The second-order valence-electron chi connectivity index (χ2n) is 6.91. The van der Waals surface area contributed by atoms with Gasteiger partial charge in [0.15, 0.2) is 0 Å². The van der Waals surface area contributed by atoms with Crippen molar-refractivity contribution < 1.29 is 0 Å². The van der Waals surface area contributed by atoms with Crippen LogP contribution in [0.1, 0.15) is 106 Å². The molecule has 0 fully saturated rings. The van der Waals surface area contributed by atoms with Crippen LogP contribution in [0.4, 0.5) is 0 Å². The van der Waals surface area contributed by atoms with Crippen molar-refractivity contribution in [2.24, 2.45) is 0 Å². The third kappa shape index (κ3) is 15.1. The maximum atomic E-state index is 2.36. The number of hydrogen-bond donors (Lipinski definition) is 0. The Balaban J connectivity index is 0. The van der Waals surface area contributed by atoms with Crippen molar-refractivity contribution in [3.05, 3.63) is 0 Å². The number of hydrogen-bond acceptors (Lipinski definition) is 0. The monoisotopic (exact) mass is 318 g/mol. The molecule has 0 saturated carbocycles. The van der Waals surface area contributed by atoms with Crippen molar-refractivity contribution >= 4 is 7.26 Å². The van der Waals surface area contributed by atoms with Crippen molar-refractivity contribution in [2.75, 3.05) is 24.6 Å². The topological polar surface area (TPSA) is 0 Å². The van der Waals surface area contributed by atoms with Crippen LogP contribution in [0.3, 0.4) is 0 Å². The maximum absolute atomic E-state index is 2.36. The Morgan fingerprint density at radius 2 is 0.619 bits per heavy atom. The molecule has 0 atom stereocenters. The van der Waals surface area contributed by atoms with Gasteiger partial charge in [0.2, 0.25) is 0 Å². The van der Waals surface area contributed by atoms with E-state index in [-0.39, 0.29) is 0 Å². The van der Waals surface area contributed by atoms with Crippen molar-refractivity contribution in [1.82, 2.24) is 0 Å². The zero-order valence-electron chi connectivity index (χ0n) is 16.4. The van der Waals surface area contributed by atoms with E-state index in [1.165, 1.54) is 64.2 Å². The van der Waals surface area contributed by atoms with Gasteiger partial charge in [-0.1, -0.05) is 26.7 Å². The molecule has 0 saturated heterocycles. The summed E-state index contributed by atoms with van der Waals surface area (Å²) >= 11 is 0. The first-order chi connectivity index (χ1) is 10.2. The van der Waals surface area contributed by atoms with Gasteiger partial charge in [-0.3, -0.25) is 0 Å². The van der Waals surface area contributed by atoms with Crippen LogP contribution in [0.5, 0.6) is 0 Å². The predicted octanol–water partition coefficient (Wildman–Crippen LogP) is 7.74. The molecule has 21 heavy (non-hydrogen) atoms. The van der Waals surface area contributed by atoms with Crippen molar-refractivity contribution in [2.45, 2.75) is 106 Å². The van der Waals surface area contributed by atoms with E-state index in [2.05, 4.69) is 41.5 Å². The van der Waals surface area contributed by atoms with E-state index in [9.17, 15) is 0 Å². The summed E-state index contributed by atoms with van der Waals surface area (Å²) in [5, 5.41) is 0. The van der Waals surface area contributed by atoms with Crippen molar-refractivity contribution in [3.8, 4) is 0 Å². The van der Waals surface area contributed by atoms with Gasteiger partial charge in [-0.2, -0.15) is 0 Å². The Bertz CT molecular complexity index is 137. The molecule has 0 aliphatic rings. The fourth-order valence-electron chi connectivity index (χ4n) is 2.96. The summed E-state index contributed by atoms with van der Waals surface area (Å²) in [7, 11) is -0.879. The van der Waals surface area contributed by atoms with Crippen LogP contribution in [0.2, 0.25) is 0 Å². The molecule has 0 aliphatic heterocycles. The Kier molecular flexibility index (Phi) is 20.8. The molecule has 0 radical (unpaired) electrons. The summed E-state index contributed by atoms with van der Waals surface area (Å²) in [5.41, 5.74) is 0. The predicted molar refractivity (Wildman–Crippen MR) is 108 cm³/mol. The Morgan fingerprint density at radius 3 is 0.762 bits per heavy atom. The van der Waals surface area contributed by atoms with E-state index in [0.29, 0.717) is 0 Å². The molecule has 0 rings (SSSR count). The zero-order valence-corrected chi connectivity index (χ0v) is 17.4.